The van der Waals surface area contributed by atoms with Crippen molar-refractivity contribution in [2.75, 3.05) is 0 Å². The first-order chi connectivity index (χ1) is 4.43. The van der Waals surface area contributed by atoms with Crippen LogP contribution in [0.2, 0.25) is 0 Å². The monoisotopic (exact) mass is 128 g/mol. The molecule has 0 aliphatic carbocycles. The molecular formula is C7H16N2. The van der Waals surface area contributed by atoms with Crippen LogP contribution in [-0.4, -0.2) is 10.2 Å². The second-order valence-electron chi connectivity index (χ2n) is 1.44. The van der Waals surface area contributed by atoms with Gasteiger partial charge in [-0.1, -0.05) is 20.8 Å². The normalized spacial score (nSPS) is 7.89. The van der Waals surface area contributed by atoms with Crippen LogP contribution in [0.4, 0.5) is 0 Å². The molecule has 0 bridgehead atoms. The van der Waals surface area contributed by atoms with E-state index >= 15 is 0 Å². The molecule has 54 valence electrons. The minimum absolute atomic E-state index is 0. The fraction of sp³-hybridized carbons (Fsp3) is 0.571. The van der Waals surface area contributed by atoms with Gasteiger partial charge in [0.15, 0.2) is 0 Å². The van der Waals surface area contributed by atoms with Gasteiger partial charge in [-0.05, 0) is 12.5 Å². The van der Waals surface area contributed by atoms with Crippen LogP contribution in [0.3, 0.4) is 0 Å². The minimum Gasteiger partial charge on any atom is -0.283 e. The van der Waals surface area contributed by atoms with Gasteiger partial charge in [-0.15, -0.1) is 0 Å². The van der Waals surface area contributed by atoms with Crippen molar-refractivity contribution in [1.29, 1.82) is 0 Å². The lowest BCUT2D eigenvalue weighted by atomic mass is 10.4. The molecule has 0 aliphatic heterocycles. The summed E-state index contributed by atoms with van der Waals surface area (Å²) < 4.78 is 0. The van der Waals surface area contributed by atoms with Crippen molar-refractivity contribution in [3.05, 3.63) is 18.0 Å². The maximum absolute atomic E-state index is 3.77. The summed E-state index contributed by atoms with van der Waals surface area (Å²) in [6.45, 7) is 6.09. The van der Waals surface area contributed by atoms with Gasteiger partial charge >= 0.3 is 0 Å². The maximum Gasteiger partial charge on any atom is 0.0490 e. The van der Waals surface area contributed by atoms with Crippen LogP contribution in [-0.2, 0) is 6.42 Å². The van der Waals surface area contributed by atoms with Gasteiger partial charge in [-0.3, -0.25) is 5.10 Å². The molecule has 0 aliphatic rings. The van der Waals surface area contributed by atoms with E-state index in [4.69, 9.17) is 0 Å². The van der Waals surface area contributed by atoms with Crippen molar-refractivity contribution in [3.63, 3.8) is 0 Å². The molecule has 0 saturated heterocycles. The lowest BCUT2D eigenvalue weighted by Crippen LogP contribution is -1.75. The lowest BCUT2D eigenvalue weighted by Gasteiger charge is -1.79. The predicted molar refractivity (Wildman–Crippen MR) is 41.4 cm³/mol. The number of hydrogen-bond acceptors (Lipinski definition) is 1. The van der Waals surface area contributed by atoms with Gasteiger partial charge in [0.2, 0.25) is 0 Å². The zero-order chi connectivity index (χ0) is 7.11. The van der Waals surface area contributed by atoms with E-state index in [0.717, 1.165) is 6.42 Å². The third kappa shape index (κ3) is 2.90. The quantitative estimate of drug-likeness (QED) is 0.617. The molecule has 0 aromatic carbocycles. The van der Waals surface area contributed by atoms with Crippen molar-refractivity contribution < 1.29 is 1.43 Å². The summed E-state index contributed by atoms with van der Waals surface area (Å²) in [6, 6.07) is 1.97. The highest BCUT2D eigenvalue weighted by Gasteiger charge is 1.82. The van der Waals surface area contributed by atoms with Gasteiger partial charge in [0.1, 0.15) is 0 Å². The van der Waals surface area contributed by atoms with Crippen LogP contribution in [0.5, 0.6) is 0 Å². The van der Waals surface area contributed by atoms with Crippen LogP contribution in [0.15, 0.2) is 12.3 Å². The highest BCUT2D eigenvalue weighted by atomic mass is 15.1. The molecular weight excluding hydrogens is 112 g/mol. The molecule has 0 fully saturated rings. The highest BCUT2D eigenvalue weighted by Crippen LogP contribution is 1.88. The summed E-state index contributed by atoms with van der Waals surface area (Å²) in [5.74, 6) is 0. The van der Waals surface area contributed by atoms with Crippen molar-refractivity contribution in [3.8, 4) is 0 Å². The van der Waals surface area contributed by atoms with Crippen LogP contribution < -0.4 is 0 Å². The molecule has 0 atom stereocenters. The fourth-order valence-electron chi connectivity index (χ4n) is 0.482. The molecule has 1 rings (SSSR count). The summed E-state index contributed by atoms with van der Waals surface area (Å²) >= 11 is 0. The van der Waals surface area contributed by atoms with Crippen LogP contribution >= 0.6 is 0 Å². The Morgan fingerprint density at radius 3 is 2.56 bits per heavy atom. The Kier molecular flexibility index (Phi) is 4.88. The average Bonchev–Trinajstić information content (AvgIpc) is 2.43. The van der Waals surface area contributed by atoms with E-state index in [9.17, 15) is 0 Å². The molecule has 2 heteroatoms. The third-order valence-electron chi connectivity index (χ3n) is 0.939. The minimum atomic E-state index is 0. The van der Waals surface area contributed by atoms with Crippen molar-refractivity contribution >= 4 is 0 Å². The van der Waals surface area contributed by atoms with E-state index in [1.165, 1.54) is 5.69 Å². The molecule has 2 nitrogen and oxygen atoms in total. The summed E-state index contributed by atoms with van der Waals surface area (Å²) in [4.78, 5) is 0. The smallest absolute Gasteiger partial charge is 0.0490 e. The molecule has 1 aromatic heterocycles. The van der Waals surface area contributed by atoms with Gasteiger partial charge in [0, 0.05) is 13.3 Å². The lowest BCUT2D eigenvalue weighted by molar-refractivity contribution is 0.975. The first kappa shape index (κ1) is 8.21. The number of nitrogens with zero attached hydrogens (tertiary/aromatic N) is 1. The van der Waals surface area contributed by atoms with Gasteiger partial charge in [-0.25, -0.2) is 0 Å². The zero-order valence-corrected chi connectivity index (χ0v) is 6.31. The highest BCUT2D eigenvalue weighted by molar-refractivity contribution is 4.95. The van der Waals surface area contributed by atoms with Crippen molar-refractivity contribution in [2.24, 2.45) is 0 Å². The van der Waals surface area contributed by atoms with E-state index < -0.39 is 0 Å². The third-order valence-corrected chi connectivity index (χ3v) is 0.939. The Morgan fingerprint density at radius 1 is 1.67 bits per heavy atom. The summed E-state index contributed by atoms with van der Waals surface area (Å²) in [5.41, 5.74) is 1.19. The topological polar surface area (TPSA) is 28.7 Å². The molecule has 1 N–H and O–H groups in total. The zero-order valence-electron chi connectivity index (χ0n) is 6.31. The Labute approximate surface area is 57.8 Å². The van der Waals surface area contributed by atoms with E-state index in [-0.39, 0.29) is 1.43 Å². The summed E-state index contributed by atoms with van der Waals surface area (Å²) in [5, 5.41) is 6.60. The summed E-state index contributed by atoms with van der Waals surface area (Å²) in [6.07, 6.45) is 2.80. The van der Waals surface area contributed by atoms with Crippen molar-refractivity contribution in [1.82, 2.24) is 10.2 Å². The fourth-order valence-corrected chi connectivity index (χ4v) is 0.482. The largest absolute Gasteiger partial charge is 0.283 e. The Hall–Kier alpha value is -0.790. The first-order valence-corrected chi connectivity index (χ1v) is 3.41. The van der Waals surface area contributed by atoms with E-state index in [1.54, 1.807) is 6.20 Å². The average molecular weight is 128 g/mol. The Bertz CT molecular complexity index is 126. The molecule has 9 heavy (non-hydrogen) atoms. The second-order valence-corrected chi connectivity index (χ2v) is 1.44. The predicted octanol–water partition coefficient (Wildman–Crippen LogP) is 2.24. The van der Waals surface area contributed by atoms with Crippen LogP contribution in [0, 0.1) is 0 Å². The molecule has 0 amide bonds. The van der Waals surface area contributed by atoms with Gasteiger partial charge < -0.3 is 0 Å². The van der Waals surface area contributed by atoms with E-state index in [0.29, 0.717) is 0 Å². The summed E-state index contributed by atoms with van der Waals surface area (Å²) in [7, 11) is 0. The molecule has 0 saturated carbocycles. The molecule has 0 unspecified atom stereocenters. The van der Waals surface area contributed by atoms with Crippen LogP contribution in [0.25, 0.3) is 0 Å². The van der Waals surface area contributed by atoms with Crippen LogP contribution in [0.1, 0.15) is 27.9 Å². The number of aromatic nitrogens is 2. The number of rotatable bonds is 1. The molecule has 0 spiro atoms. The van der Waals surface area contributed by atoms with Gasteiger partial charge in [0.25, 0.3) is 0 Å². The standard InChI is InChI=1S/C5H8N2.C2H6.H2/c1-2-5-3-4-6-7-5;1-2;/h3-4H,2H2,1H3,(H,6,7);1-2H3;1H. The SMILES string of the molecule is CC.CCc1ccn[nH]1.[HH]. The second kappa shape index (κ2) is 5.35. The van der Waals surface area contributed by atoms with E-state index in [1.807, 2.05) is 19.9 Å². The molecule has 0 radical (unpaired) electrons. The number of H-pyrrole nitrogens is 1. The number of nitrogens with one attached hydrogen (secondary N) is 1. The number of hydrogen-bond donors (Lipinski definition) is 1. The van der Waals surface area contributed by atoms with E-state index in [2.05, 4.69) is 17.1 Å². The first-order valence-electron chi connectivity index (χ1n) is 3.41. The van der Waals surface area contributed by atoms with Crippen molar-refractivity contribution in [2.45, 2.75) is 27.2 Å². The molecule has 1 aromatic rings. The van der Waals surface area contributed by atoms with Gasteiger partial charge in [-0.2, -0.15) is 5.10 Å². The Morgan fingerprint density at radius 2 is 2.33 bits per heavy atom. The maximum atomic E-state index is 3.77. The molecule has 1 heterocycles. The number of aromatic amines is 1. The number of aryl methyl sites for hydroxylation is 1. The Balaban J connectivity index is 0. The van der Waals surface area contributed by atoms with Gasteiger partial charge in [0.05, 0.1) is 0 Å².